The summed E-state index contributed by atoms with van der Waals surface area (Å²) >= 11 is 1.12. The van der Waals surface area contributed by atoms with Gasteiger partial charge in [0.15, 0.2) is 10.7 Å². The lowest BCUT2D eigenvalue weighted by Crippen LogP contribution is -2.31. The van der Waals surface area contributed by atoms with Crippen molar-refractivity contribution in [3.63, 3.8) is 0 Å². The quantitative estimate of drug-likeness (QED) is 0.214. The van der Waals surface area contributed by atoms with Crippen LogP contribution < -0.4 is 16.8 Å². The van der Waals surface area contributed by atoms with E-state index in [-0.39, 0.29) is 41.2 Å². The molecule has 4 N–H and O–H groups in total. The van der Waals surface area contributed by atoms with Gasteiger partial charge < -0.3 is 16.2 Å². The van der Waals surface area contributed by atoms with Gasteiger partial charge in [-0.05, 0) is 28.5 Å². The average Bonchev–Trinajstić information content (AvgIpc) is 3.42. The van der Waals surface area contributed by atoms with Crippen molar-refractivity contribution in [1.82, 2.24) is 25.4 Å². The van der Waals surface area contributed by atoms with Crippen LogP contribution in [0, 0.1) is 5.82 Å². The summed E-state index contributed by atoms with van der Waals surface area (Å²) in [6, 6.07) is 2.73. The lowest BCUT2D eigenvalue weighted by atomic mass is 10.2. The number of nitrogens with zero attached hydrogens (tertiary/aromatic N) is 4. The molecule has 0 unspecified atom stereocenters. The Morgan fingerprint density at radius 1 is 1.22 bits per heavy atom. The molecule has 12 nitrogen and oxygen atoms in total. The van der Waals surface area contributed by atoms with Crippen LogP contribution in [0.5, 0.6) is 0 Å². The van der Waals surface area contributed by atoms with Gasteiger partial charge in [0.25, 0.3) is 6.43 Å². The topological polar surface area (TPSA) is 179 Å². The molecule has 0 aliphatic rings. The minimum atomic E-state index is -5.08. The van der Waals surface area contributed by atoms with E-state index in [1.807, 2.05) is 0 Å². The molecule has 0 fully saturated rings. The number of carbonyl (C=O) groups is 2. The molecule has 0 atom stereocenters. The molecular weight excluding hydrogens is 530 g/mol. The molecule has 2 aromatic heterocycles. The summed E-state index contributed by atoms with van der Waals surface area (Å²) in [7, 11) is 0. The molecular formula is C17H14F6N6O6S. The van der Waals surface area contributed by atoms with Gasteiger partial charge in [-0.25, -0.2) is 32.0 Å². The van der Waals surface area contributed by atoms with Crippen molar-refractivity contribution >= 4 is 23.6 Å². The molecule has 0 bridgehead atoms. The second-order valence-electron chi connectivity index (χ2n) is 6.24. The minimum absolute atomic E-state index is 0.00826. The number of thioether (sulfide) groups is 1. The number of hydrogen-bond donors (Lipinski definition) is 3. The predicted molar refractivity (Wildman–Crippen MR) is 107 cm³/mol. The van der Waals surface area contributed by atoms with Crippen molar-refractivity contribution < 1.29 is 50.2 Å². The monoisotopic (exact) mass is 544 g/mol. The molecule has 1 amide bonds. The summed E-state index contributed by atoms with van der Waals surface area (Å²) in [5, 5.41) is 20.9. The lowest BCUT2D eigenvalue weighted by molar-refractivity contribution is -0.192. The smallest absolute Gasteiger partial charge is 0.475 e. The van der Waals surface area contributed by atoms with Crippen LogP contribution in [0.2, 0.25) is 0 Å². The van der Waals surface area contributed by atoms with E-state index in [1.165, 1.54) is 0 Å². The highest BCUT2D eigenvalue weighted by Gasteiger charge is 2.38. The van der Waals surface area contributed by atoms with E-state index in [2.05, 4.69) is 29.9 Å². The zero-order valence-corrected chi connectivity index (χ0v) is 18.3. The van der Waals surface area contributed by atoms with Crippen LogP contribution in [0.1, 0.15) is 12.0 Å². The molecule has 3 rings (SSSR count). The normalized spacial score (nSPS) is 11.2. The Hall–Kier alpha value is -3.87. The standard InChI is InChI=1S/C15H13F3N6O4S.C2HF3O2/c16-9-2-1-7(5-8(9)12(17)18)24-13(22-27-15(24)26)11-14(23-28-21-11)29-4-3-20-10(25)6-19;3-2(4,5)1(6)7/h1-2,5,12H,3-4,6,19H2,(H,20,25);(H,6,7). The molecule has 0 aliphatic carbocycles. The van der Waals surface area contributed by atoms with Gasteiger partial charge >= 0.3 is 17.9 Å². The fourth-order valence-electron chi connectivity index (χ4n) is 2.29. The minimum Gasteiger partial charge on any atom is -0.475 e. The van der Waals surface area contributed by atoms with Gasteiger partial charge in [0.1, 0.15) is 5.82 Å². The van der Waals surface area contributed by atoms with Gasteiger partial charge in [-0.1, -0.05) is 16.9 Å². The van der Waals surface area contributed by atoms with E-state index >= 15 is 0 Å². The number of amides is 1. The number of carbonyl (C=O) groups excluding carboxylic acids is 1. The SMILES string of the molecule is NCC(=O)NCCSc1nonc1-c1noc(=O)n1-c1ccc(F)c(C(F)F)c1.O=C(O)C(F)(F)F. The number of rotatable bonds is 8. The van der Waals surface area contributed by atoms with Crippen LogP contribution >= 0.6 is 11.8 Å². The number of benzene rings is 1. The summed E-state index contributed by atoms with van der Waals surface area (Å²) in [6.07, 6.45) is -8.17. The maximum Gasteiger partial charge on any atom is 0.490 e. The third kappa shape index (κ3) is 7.31. The van der Waals surface area contributed by atoms with Gasteiger partial charge in [-0.3, -0.25) is 9.32 Å². The Balaban J connectivity index is 0.000000572. The first kappa shape index (κ1) is 28.4. The number of halogens is 6. The summed E-state index contributed by atoms with van der Waals surface area (Å²) in [5.74, 6) is -5.01. The zero-order valence-electron chi connectivity index (χ0n) is 17.5. The number of alkyl halides is 5. The first-order valence-corrected chi connectivity index (χ1v) is 10.2. The Bertz CT molecular complexity index is 1260. The number of nitrogens with one attached hydrogen (secondary N) is 1. The van der Waals surface area contributed by atoms with Crippen molar-refractivity contribution in [3.8, 4) is 17.2 Å². The van der Waals surface area contributed by atoms with Crippen LogP contribution in [-0.4, -0.2) is 62.0 Å². The summed E-state index contributed by atoms with van der Waals surface area (Å²) in [6.45, 7) is 0.124. The third-order valence-corrected chi connectivity index (χ3v) is 4.79. The fraction of sp³-hybridized carbons (Fsp3) is 0.294. The second kappa shape index (κ2) is 12.2. The number of carboxylic acids is 1. The average molecular weight is 544 g/mol. The number of aromatic nitrogens is 4. The molecule has 1 aromatic carbocycles. The third-order valence-electron chi connectivity index (χ3n) is 3.84. The van der Waals surface area contributed by atoms with E-state index in [0.29, 0.717) is 5.75 Å². The molecule has 2 heterocycles. The molecule has 0 spiro atoms. The Labute approximate surface area is 199 Å². The molecule has 196 valence electrons. The highest BCUT2D eigenvalue weighted by Crippen LogP contribution is 2.29. The van der Waals surface area contributed by atoms with Gasteiger partial charge in [-0.2, -0.15) is 13.2 Å². The van der Waals surface area contributed by atoms with Crippen LogP contribution in [-0.2, 0) is 9.59 Å². The summed E-state index contributed by atoms with van der Waals surface area (Å²) < 4.78 is 81.4. The molecule has 3 aromatic rings. The van der Waals surface area contributed by atoms with E-state index < -0.39 is 35.7 Å². The molecule has 0 saturated carbocycles. The van der Waals surface area contributed by atoms with E-state index in [4.69, 9.17) is 15.6 Å². The summed E-state index contributed by atoms with van der Waals surface area (Å²) in [4.78, 5) is 32.1. The Morgan fingerprint density at radius 2 is 1.89 bits per heavy atom. The number of carboxylic acid groups (broad SMARTS) is 1. The van der Waals surface area contributed by atoms with Gasteiger partial charge in [-0.15, -0.1) is 0 Å². The molecule has 0 saturated heterocycles. The summed E-state index contributed by atoms with van der Waals surface area (Å²) in [5.41, 5.74) is 4.21. The molecule has 36 heavy (non-hydrogen) atoms. The Kier molecular flexibility index (Phi) is 9.61. The van der Waals surface area contributed by atoms with Crippen LogP contribution in [0.4, 0.5) is 26.3 Å². The number of nitrogens with two attached hydrogens (primary N) is 1. The number of hydrogen-bond acceptors (Lipinski definition) is 10. The van der Waals surface area contributed by atoms with E-state index in [0.717, 1.165) is 34.5 Å². The molecule has 0 aliphatic heterocycles. The second-order valence-corrected chi connectivity index (χ2v) is 7.32. The van der Waals surface area contributed by atoms with Crippen molar-refractivity contribution in [2.45, 2.75) is 17.6 Å². The van der Waals surface area contributed by atoms with Gasteiger partial charge in [0, 0.05) is 12.3 Å². The van der Waals surface area contributed by atoms with Gasteiger partial charge in [0.05, 0.1) is 17.8 Å². The lowest BCUT2D eigenvalue weighted by Gasteiger charge is -2.07. The van der Waals surface area contributed by atoms with E-state index in [1.54, 1.807) is 0 Å². The van der Waals surface area contributed by atoms with Gasteiger partial charge in [0.2, 0.25) is 11.7 Å². The van der Waals surface area contributed by atoms with Crippen LogP contribution in [0.15, 0.2) is 37.2 Å². The first-order valence-electron chi connectivity index (χ1n) is 9.26. The fourth-order valence-corrected chi connectivity index (χ4v) is 3.04. The van der Waals surface area contributed by atoms with E-state index in [9.17, 15) is 35.9 Å². The maximum atomic E-state index is 13.6. The highest BCUT2D eigenvalue weighted by atomic mass is 32.2. The highest BCUT2D eigenvalue weighted by molar-refractivity contribution is 7.99. The van der Waals surface area contributed by atoms with Crippen LogP contribution in [0.25, 0.3) is 17.2 Å². The van der Waals surface area contributed by atoms with Crippen molar-refractivity contribution in [2.24, 2.45) is 5.73 Å². The molecule has 19 heteroatoms. The molecule has 0 radical (unpaired) electrons. The first-order chi connectivity index (χ1) is 16.9. The zero-order chi connectivity index (χ0) is 27.0. The number of aliphatic carboxylic acids is 1. The van der Waals surface area contributed by atoms with Crippen LogP contribution in [0.3, 0.4) is 0 Å². The largest absolute Gasteiger partial charge is 0.490 e. The predicted octanol–water partition coefficient (Wildman–Crippen LogP) is 1.75. The van der Waals surface area contributed by atoms with Crippen molar-refractivity contribution in [2.75, 3.05) is 18.8 Å². The van der Waals surface area contributed by atoms with Crippen molar-refractivity contribution in [1.29, 1.82) is 0 Å². The maximum absolute atomic E-state index is 13.6. The van der Waals surface area contributed by atoms with Crippen molar-refractivity contribution in [3.05, 3.63) is 40.1 Å². The Morgan fingerprint density at radius 3 is 2.47 bits per heavy atom.